The molecule has 0 fully saturated rings. The van der Waals surface area contributed by atoms with Crippen LogP contribution in [0.1, 0.15) is 77.9 Å². The zero-order chi connectivity index (χ0) is 54.3. The molecule has 0 aromatic heterocycles. The number of benzene rings is 5. The van der Waals surface area contributed by atoms with Gasteiger partial charge < -0.3 is 0 Å². The SMILES string of the molecule is Fc1c(C(F)(F)F)cc(C2=NC(c3cc(C(F)(F)F)c(F)c(C(F)(F)F)c3)=c3cc4c(cc32)=C(c2cc(C(F)(F)F)c(F)c(C(F)(F)F)c2)N=C4c2cc(C(F)(F)F)c(F)c(C(F)(F)F)c2)cc1C(F)(F)F. The van der Waals surface area contributed by atoms with Gasteiger partial charge in [0.05, 0.1) is 67.3 Å². The second-order valence-electron chi connectivity index (χ2n) is 15.1. The Balaban J connectivity index is 1.74. The highest BCUT2D eigenvalue weighted by Crippen LogP contribution is 2.46. The summed E-state index contributed by atoms with van der Waals surface area (Å²) in [5.74, 6) is -12.3. The molecule has 0 saturated carbocycles. The van der Waals surface area contributed by atoms with Gasteiger partial charge in [-0.3, -0.25) is 0 Å². The molecule has 0 bridgehead atoms. The molecule has 2 aliphatic heterocycles. The Morgan fingerprint density at radius 2 is 0.403 bits per heavy atom. The fraction of sp³-hybridized carbons (Fsp3) is 0.190. The fourth-order valence-corrected chi connectivity index (χ4v) is 7.42. The first kappa shape index (κ1) is 53.0. The van der Waals surface area contributed by atoms with Crippen LogP contribution in [0, 0.1) is 23.3 Å². The number of aliphatic imine (C=N–C) groups is 2. The van der Waals surface area contributed by atoms with Gasteiger partial charge in [0.15, 0.2) is 0 Å². The zero-order valence-electron chi connectivity index (χ0n) is 33.3. The van der Waals surface area contributed by atoms with Crippen molar-refractivity contribution in [3.05, 3.63) is 172 Å². The maximum atomic E-state index is 14.9. The highest BCUT2D eigenvalue weighted by molar-refractivity contribution is 6.21. The number of hydrogen-bond donors (Lipinski definition) is 0. The summed E-state index contributed by atoms with van der Waals surface area (Å²) in [5, 5.41) is -2.56. The van der Waals surface area contributed by atoms with Crippen LogP contribution in [0.2, 0.25) is 0 Å². The average Bonchev–Trinajstić information content (AvgIpc) is 3.75. The van der Waals surface area contributed by atoms with Crippen LogP contribution in [0.5, 0.6) is 0 Å². The lowest BCUT2D eigenvalue weighted by molar-refractivity contribution is -0.149. The number of fused-ring (bicyclic) bond motifs is 2. The largest absolute Gasteiger partial charge is 0.419 e. The van der Waals surface area contributed by atoms with E-state index in [1.54, 1.807) is 0 Å². The summed E-state index contributed by atoms with van der Waals surface area (Å²) in [4.78, 5) is 7.14. The molecule has 72 heavy (non-hydrogen) atoms. The molecule has 2 aliphatic rings. The molecule has 2 heterocycles. The van der Waals surface area contributed by atoms with Crippen molar-refractivity contribution < 1.29 is 123 Å². The van der Waals surface area contributed by atoms with Crippen molar-refractivity contribution in [2.75, 3.05) is 0 Å². The molecule has 2 nitrogen and oxygen atoms in total. The van der Waals surface area contributed by atoms with Crippen LogP contribution in [-0.4, -0.2) is 11.4 Å². The van der Waals surface area contributed by atoms with Gasteiger partial charge in [-0.15, -0.1) is 0 Å². The van der Waals surface area contributed by atoms with Gasteiger partial charge in [-0.25, -0.2) is 27.5 Å². The van der Waals surface area contributed by atoms with Crippen molar-refractivity contribution in [1.29, 1.82) is 0 Å². The predicted molar refractivity (Wildman–Crippen MR) is 188 cm³/mol. The Morgan fingerprint density at radius 1 is 0.236 bits per heavy atom. The number of nitrogens with zero attached hydrogens (tertiary/aromatic N) is 2. The molecule has 0 atom stereocenters. The Kier molecular flexibility index (Phi) is 12.1. The van der Waals surface area contributed by atoms with Crippen molar-refractivity contribution >= 4 is 22.8 Å². The van der Waals surface area contributed by atoms with Gasteiger partial charge >= 0.3 is 49.4 Å². The first-order valence-corrected chi connectivity index (χ1v) is 18.5. The molecule has 0 aliphatic carbocycles. The van der Waals surface area contributed by atoms with E-state index in [1.807, 2.05) is 0 Å². The zero-order valence-corrected chi connectivity index (χ0v) is 33.3. The third-order valence-electron chi connectivity index (χ3n) is 10.5. The molecule has 0 radical (unpaired) electrons. The van der Waals surface area contributed by atoms with Crippen LogP contribution in [0.25, 0.3) is 11.4 Å². The lowest BCUT2D eigenvalue weighted by Gasteiger charge is -2.17. The average molecular weight is 1070 g/mol. The van der Waals surface area contributed by atoms with Crippen LogP contribution < -0.4 is 10.4 Å². The molecular weight excluding hydrogens is 1060 g/mol. The molecule has 5 aromatic rings. The lowest BCUT2D eigenvalue weighted by Crippen LogP contribution is -2.25. The number of hydrogen-bond acceptors (Lipinski definition) is 2. The van der Waals surface area contributed by atoms with Crippen LogP contribution >= 0.6 is 0 Å². The van der Waals surface area contributed by atoms with Crippen molar-refractivity contribution in [2.24, 2.45) is 9.98 Å². The van der Waals surface area contributed by atoms with E-state index in [1.165, 1.54) is 0 Å². The summed E-state index contributed by atoms with van der Waals surface area (Å²) < 4.78 is 398. The summed E-state index contributed by atoms with van der Waals surface area (Å²) in [6.45, 7) is 0. The maximum absolute atomic E-state index is 14.9. The maximum Gasteiger partial charge on any atom is 0.419 e. The standard InChI is InChI=1S/C42H10F28N2/c43-27-19(35(47,48)49)1-11(2-20(27)36(50,51)52)31-15-9-17-18(10-16(15)32(71-31)12-3-21(37(53,54)55)28(44)22(4-12)38(56,57)58)34(14-7-25(41(65,66)67)30(46)26(8-14)42(68,69)70)72-33(17)13-5-23(39(59,60)61)29(45)24(6-13)40(62,63)64/h1-10H. The van der Waals surface area contributed by atoms with E-state index in [9.17, 15) is 123 Å². The van der Waals surface area contributed by atoms with E-state index >= 15 is 0 Å². The molecule has 5 aromatic carbocycles. The molecule has 0 amide bonds. The summed E-state index contributed by atoms with van der Waals surface area (Å²) in [6.07, 6.45) is -49.1. The first-order chi connectivity index (χ1) is 32.4. The Bertz CT molecular complexity index is 2950. The number of alkyl halides is 24. The molecule has 30 heteroatoms. The Morgan fingerprint density at radius 3 is 0.569 bits per heavy atom. The second-order valence-corrected chi connectivity index (χ2v) is 15.1. The molecule has 0 unspecified atom stereocenters. The van der Waals surface area contributed by atoms with E-state index in [2.05, 4.69) is 9.98 Å². The minimum absolute atomic E-state index is 0.147. The summed E-state index contributed by atoms with van der Waals surface area (Å²) in [7, 11) is 0. The van der Waals surface area contributed by atoms with Gasteiger partial charge in [-0.05, 0) is 60.7 Å². The first-order valence-electron chi connectivity index (χ1n) is 18.5. The van der Waals surface area contributed by atoms with Crippen molar-refractivity contribution in [3.8, 4) is 0 Å². The molecule has 0 N–H and O–H groups in total. The quantitative estimate of drug-likeness (QED) is 0.160. The van der Waals surface area contributed by atoms with E-state index in [0.717, 1.165) is 0 Å². The summed E-state index contributed by atoms with van der Waals surface area (Å²) in [5.41, 5.74) is -38.0. The number of rotatable bonds is 4. The molecule has 384 valence electrons. The van der Waals surface area contributed by atoms with E-state index in [0.29, 0.717) is 0 Å². The lowest BCUT2D eigenvalue weighted by atomic mass is 9.91. The third-order valence-corrected chi connectivity index (χ3v) is 10.5. The normalized spacial score (nSPS) is 15.1. The van der Waals surface area contributed by atoms with Gasteiger partial charge in [-0.1, -0.05) is 0 Å². The molecule has 7 rings (SSSR count). The van der Waals surface area contributed by atoms with E-state index < -0.39 is 232 Å². The van der Waals surface area contributed by atoms with E-state index in [4.69, 9.17) is 0 Å². The molecule has 0 saturated heterocycles. The highest BCUT2D eigenvalue weighted by atomic mass is 19.4. The van der Waals surface area contributed by atoms with Crippen molar-refractivity contribution in [2.45, 2.75) is 49.4 Å². The van der Waals surface area contributed by atoms with Gasteiger partial charge in [0, 0.05) is 43.8 Å². The number of halogens is 28. The summed E-state index contributed by atoms with van der Waals surface area (Å²) >= 11 is 0. The molecule has 0 spiro atoms. The Hall–Kier alpha value is -6.78. The third kappa shape index (κ3) is 9.42. The van der Waals surface area contributed by atoms with Crippen LogP contribution in [-0.2, 0) is 49.4 Å². The Labute approximate surface area is 377 Å². The highest BCUT2D eigenvalue weighted by Gasteiger charge is 2.48. The van der Waals surface area contributed by atoms with Crippen molar-refractivity contribution in [1.82, 2.24) is 0 Å². The summed E-state index contributed by atoms with van der Waals surface area (Å²) in [6, 6.07) is -3.68. The van der Waals surface area contributed by atoms with Crippen LogP contribution in [0.15, 0.2) is 70.6 Å². The van der Waals surface area contributed by atoms with Gasteiger partial charge in [0.25, 0.3) is 0 Å². The topological polar surface area (TPSA) is 24.7 Å². The second kappa shape index (κ2) is 16.4. The predicted octanol–water partition coefficient (Wildman–Crippen LogP) is 14.4. The van der Waals surface area contributed by atoms with E-state index in [-0.39, 0.29) is 12.1 Å². The van der Waals surface area contributed by atoms with Gasteiger partial charge in [0.1, 0.15) is 23.3 Å². The minimum Gasteiger partial charge on any atom is -0.246 e. The van der Waals surface area contributed by atoms with Gasteiger partial charge in [0.2, 0.25) is 0 Å². The minimum atomic E-state index is -6.13. The van der Waals surface area contributed by atoms with Crippen molar-refractivity contribution in [3.63, 3.8) is 0 Å². The monoisotopic (exact) mass is 1070 g/mol. The van der Waals surface area contributed by atoms with Gasteiger partial charge in [-0.2, -0.15) is 105 Å². The smallest absolute Gasteiger partial charge is 0.246 e. The molecular formula is C42H10F28N2. The fourth-order valence-electron chi connectivity index (χ4n) is 7.42. The van der Waals surface area contributed by atoms with Crippen LogP contribution in [0.3, 0.4) is 0 Å². The van der Waals surface area contributed by atoms with Crippen LogP contribution in [0.4, 0.5) is 123 Å².